The summed E-state index contributed by atoms with van der Waals surface area (Å²) in [5.74, 6) is 1.22. The lowest BCUT2D eigenvalue weighted by atomic mass is 10.1. The van der Waals surface area contributed by atoms with Crippen molar-refractivity contribution in [2.75, 3.05) is 0 Å². The van der Waals surface area contributed by atoms with Crippen LogP contribution >= 0.6 is 0 Å². The highest BCUT2D eigenvalue weighted by atomic mass is 16.2. The maximum atomic E-state index is 12.6. The number of amides is 1. The van der Waals surface area contributed by atoms with Gasteiger partial charge in [0.25, 0.3) is 5.91 Å². The average molecular weight is 302 g/mol. The van der Waals surface area contributed by atoms with Gasteiger partial charge in [-0.05, 0) is 38.2 Å². The number of carbonyl (C=O) groups excluding carboxylic acids is 1. The standard InChI is InChI=1S/C15H22N6O/c1-3-9-21-12(7-8-17-21)15(22)19-13(11-5-6-11)14-16-10-18-20(14)4-2/h7-8,10-11,13H,3-6,9H2,1-2H3,(H,19,22). The molecule has 2 heterocycles. The van der Waals surface area contributed by atoms with E-state index in [1.807, 2.05) is 11.6 Å². The first-order chi connectivity index (χ1) is 10.7. The van der Waals surface area contributed by atoms with Gasteiger partial charge in [0, 0.05) is 19.3 Å². The second kappa shape index (κ2) is 6.29. The van der Waals surface area contributed by atoms with E-state index in [2.05, 4.69) is 27.4 Å². The summed E-state index contributed by atoms with van der Waals surface area (Å²) in [7, 11) is 0. The monoisotopic (exact) mass is 302 g/mol. The summed E-state index contributed by atoms with van der Waals surface area (Å²) in [5, 5.41) is 11.6. The molecule has 1 fully saturated rings. The Kier molecular flexibility index (Phi) is 4.22. The summed E-state index contributed by atoms with van der Waals surface area (Å²) < 4.78 is 3.61. The molecule has 0 aliphatic heterocycles. The van der Waals surface area contributed by atoms with Crippen molar-refractivity contribution in [3.8, 4) is 0 Å². The average Bonchev–Trinajstić information content (AvgIpc) is 3.07. The van der Waals surface area contributed by atoms with Crippen molar-refractivity contribution in [3.63, 3.8) is 0 Å². The van der Waals surface area contributed by atoms with Crippen LogP contribution in [0.1, 0.15) is 55.5 Å². The van der Waals surface area contributed by atoms with Gasteiger partial charge in [-0.2, -0.15) is 10.2 Å². The largest absolute Gasteiger partial charge is 0.340 e. The minimum atomic E-state index is -0.0893. The number of hydrogen-bond donors (Lipinski definition) is 1. The van der Waals surface area contributed by atoms with E-state index in [0.717, 1.165) is 38.2 Å². The molecule has 2 aromatic rings. The number of carbonyl (C=O) groups is 1. The molecule has 0 radical (unpaired) electrons. The number of nitrogens with zero attached hydrogens (tertiary/aromatic N) is 5. The van der Waals surface area contributed by atoms with Gasteiger partial charge >= 0.3 is 0 Å². The maximum Gasteiger partial charge on any atom is 0.270 e. The molecule has 7 nitrogen and oxygen atoms in total. The van der Waals surface area contributed by atoms with Crippen LogP contribution in [-0.2, 0) is 13.1 Å². The Balaban J connectivity index is 1.79. The summed E-state index contributed by atoms with van der Waals surface area (Å²) >= 11 is 0. The van der Waals surface area contributed by atoms with Crippen molar-refractivity contribution in [2.24, 2.45) is 5.92 Å². The van der Waals surface area contributed by atoms with E-state index in [9.17, 15) is 4.79 Å². The van der Waals surface area contributed by atoms with Gasteiger partial charge in [0.1, 0.15) is 17.8 Å². The van der Waals surface area contributed by atoms with E-state index >= 15 is 0 Å². The Bertz CT molecular complexity index is 642. The third-order valence-corrected chi connectivity index (χ3v) is 3.99. The van der Waals surface area contributed by atoms with Crippen molar-refractivity contribution in [3.05, 3.63) is 30.1 Å². The maximum absolute atomic E-state index is 12.6. The van der Waals surface area contributed by atoms with Crippen LogP contribution in [0.15, 0.2) is 18.6 Å². The second-order valence-electron chi connectivity index (χ2n) is 5.66. The van der Waals surface area contributed by atoms with Gasteiger partial charge in [-0.3, -0.25) is 9.48 Å². The molecule has 1 unspecified atom stereocenters. The Labute approximate surface area is 129 Å². The fourth-order valence-corrected chi connectivity index (χ4v) is 2.71. The van der Waals surface area contributed by atoms with Crippen LogP contribution in [0.3, 0.4) is 0 Å². The summed E-state index contributed by atoms with van der Waals surface area (Å²) in [4.78, 5) is 17.0. The highest BCUT2D eigenvalue weighted by Gasteiger charge is 2.36. The predicted molar refractivity (Wildman–Crippen MR) is 81.1 cm³/mol. The fraction of sp³-hybridized carbons (Fsp3) is 0.600. The lowest BCUT2D eigenvalue weighted by Crippen LogP contribution is -2.33. The van der Waals surface area contributed by atoms with Gasteiger partial charge in [-0.15, -0.1) is 0 Å². The third-order valence-electron chi connectivity index (χ3n) is 3.99. The lowest BCUT2D eigenvalue weighted by molar-refractivity contribution is 0.0917. The van der Waals surface area contributed by atoms with Crippen LogP contribution in [0.4, 0.5) is 0 Å². The molecule has 2 aromatic heterocycles. The Hall–Kier alpha value is -2.18. The molecule has 22 heavy (non-hydrogen) atoms. The lowest BCUT2D eigenvalue weighted by Gasteiger charge is -2.18. The Morgan fingerprint density at radius 1 is 1.36 bits per heavy atom. The summed E-state index contributed by atoms with van der Waals surface area (Å²) in [6.45, 7) is 5.59. The molecule has 118 valence electrons. The van der Waals surface area contributed by atoms with Crippen LogP contribution in [-0.4, -0.2) is 30.5 Å². The molecule has 1 N–H and O–H groups in total. The predicted octanol–water partition coefficient (Wildman–Crippen LogP) is 1.79. The number of aryl methyl sites for hydroxylation is 2. The van der Waals surface area contributed by atoms with Gasteiger partial charge in [-0.1, -0.05) is 6.92 Å². The second-order valence-corrected chi connectivity index (χ2v) is 5.66. The van der Waals surface area contributed by atoms with E-state index < -0.39 is 0 Å². The number of nitrogens with one attached hydrogen (secondary N) is 1. The quantitative estimate of drug-likeness (QED) is 0.846. The number of rotatable bonds is 7. The smallest absolute Gasteiger partial charge is 0.270 e. The molecule has 3 rings (SSSR count). The van der Waals surface area contributed by atoms with Gasteiger partial charge in [0.2, 0.25) is 0 Å². The summed E-state index contributed by atoms with van der Waals surface area (Å²) in [6.07, 6.45) is 6.41. The Morgan fingerprint density at radius 3 is 2.86 bits per heavy atom. The minimum Gasteiger partial charge on any atom is -0.340 e. The van der Waals surface area contributed by atoms with E-state index in [0.29, 0.717) is 11.6 Å². The molecule has 1 saturated carbocycles. The molecule has 0 spiro atoms. The summed E-state index contributed by atoms with van der Waals surface area (Å²) in [5.41, 5.74) is 0.607. The first-order valence-corrected chi connectivity index (χ1v) is 7.95. The van der Waals surface area contributed by atoms with Crippen LogP contribution in [0, 0.1) is 5.92 Å². The highest BCUT2D eigenvalue weighted by molar-refractivity contribution is 5.92. The first-order valence-electron chi connectivity index (χ1n) is 7.95. The van der Waals surface area contributed by atoms with Gasteiger partial charge < -0.3 is 5.32 Å². The van der Waals surface area contributed by atoms with Crippen LogP contribution in [0.5, 0.6) is 0 Å². The van der Waals surface area contributed by atoms with E-state index in [1.165, 1.54) is 0 Å². The Morgan fingerprint density at radius 2 is 2.18 bits per heavy atom. The zero-order valence-electron chi connectivity index (χ0n) is 13.1. The highest BCUT2D eigenvalue weighted by Crippen LogP contribution is 2.40. The van der Waals surface area contributed by atoms with E-state index in [4.69, 9.17) is 0 Å². The zero-order chi connectivity index (χ0) is 15.5. The molecular formula is C15H22N6O. The van der Waals surface area contributed by atoms with E-state index in [1.54, 1.807) is 23.3 Å². The molecule has 1 amide bonds. The molecular weight excluding hydrogens is 280 g/mol. The van der Waals surface area contributed by atoms with Crippen molar-refractivity contribution in [1.82, 2.24) is 29.9 Å². The van der Waals surface area contributed by atoms with Crippen molar-refractivity contribution < 1.29 is 4.79 Å². The molecule has 0 aromatic carbocycles. The van der Waals surface area contributed by atoms with E-state index in [-0.39, 0.29) is 11.9 Å². The van der Waals surface area contributed by atoms with Crippen LogP contribution < -0.4 is 5.32 Å². The SMILES string of the molecule is CCCn1nccc1C(=O)NC(c1ncnn1CC)C1CC1. The number of hydrogen-bond acceptors (Lipinski definition) is 4. The zero-order valence-corrected chi connectivity index (χ0v) is 13.1. The van der Waals surface area contributed by atoms with Crippen LogP contribution in [0.2, 0.25) is 0 Å². The molecule has 1 aliphatic carbocycles. The molecule has 1 atom stereocenters. The fourth-order valence-electron chi connectivity index (χ4n) is 2.71. The van der Waals surface area contributed by atoms with Gasteiger partial charge in [-0.25, -0.2) is 9.67 Å². The van der Waals surface area contributed by atoms with Crippen molar-refractivity contribution in [2.45, 2.75) is 52.2 Å². The normalized spacial score (nSPS) is 15.7. The van der Waals surface area contributed by atoms with Gasteiger partial charge in [0.15, 0.2) is 0 Å². The molecule has 1 aliphatic rings. The third kappa shape index (κ3) is 2.88. The topological polar surface area (TPSA) is 77.6 Å². The first kappa shape index (κ1) is 14.7. The molecule has 7 heteroatoms. The number of aromatic nitrogens is 5. The van der Waals surface area contributed by atoms with Crippen LogP contribution in [0.25, 0.3) is 0 Å². The molecule has 0 bridgehead atoms. The van der Waals surface area contributed by atoms with Gasteiger partial charge in [0.05, 0.1) is 6.04 Å². The summed E-state index contributed by atoms with van der Waals surface area (Å²) in [6, 6.07) is 1.69. The van der Waals surface area contributed by atoms with Crippen molar-refractivity contribution in [1.29, 1.82) is 0 Å². The minimum absolute atomic E-state index is 0.0695. The molecule has 0 saturated heterocycles. The van der Waals surface area contributed by atoms with Crippen molar-refractivity contribution >= 4 is 5.91 Å².